The van der Waals surface area contributed by atoms with Crippen LogP contribution in [-0.2, 0) is 12.0 Å². The fourth-order valence-electron chi connectivity index (χ4n) is 1.54. The Morgan fingerprint density at radius 1 is 1.26 bits per heavy atom. The maximum Gasteiger partial charge on any atom is 0.137 e. The van der Waals surface area contributed by atoms with E-state index >= 15 is 0 Å². The van der Waals surface area contributed by atoms with Crippen molar-refractivity contribution in [1.82, 2.24) is 15.0 Å². The Kier molecular flexibility index (Phi) is 4.14. The number of nitrogens with one attached hydrogen (secondary N) is 1. The van der Waals surface area contributed by atoms with E-state index in [0.717, 1.165) is 21.8 Å². The molecule has 2 rings (SSSR count). The van der Waals surface area contributed by atoms with Crippen molar-refractivity contribution in [2.24, 2.45) is 0 Å². The van der Waals surface area contributed by atoms with Gasteiger partial charge in [-0.15, -0.1) is 0 Å². The Balaban J connectivity index is 2.15. The largest absolute Gasteiger partial charge is 0.366 e. The Morgan fingerprint density at radius 3 is 2.68 bits per heavy atom. The SMILES string of the molecule is CC(C)(C)c1nc(Br)cc(NCc2cccnc2)n1. The van der Waals surface area contributed by atoms with Gasteiger partial charge in [-0.25, -0.2) is 9.97 Å². The van der Waals surface area contributed by atoms with E-state index in [4.69, 9.17) is 0 Å². The second-order valence-corrected chi connectivity index (χ2v) is 6.18. The average molecular weight is 321 g/mol. The normalized spacial score (nSPS) is 11.4. The zero-order chi connectivity index (χ0) is 13.9. The van der Waals surface area contributed by atoms with Crippen LogP contribution in [0, 0.1) is 0 Å². The van der Waals surface area contributed by atoms with Gasteiger partial charge in [-0.1, -0.05) is 26.8 Å². The average Bonchev–Trinajstić information content (AvgIpc) is 2.36. The van der Waals surface area contributed by atoms with Crippen LogP contribution in [0.2, 0.25) is 0 Å². The molecule has 0 bridgehead atoms. The first-order chi connectivity index (χ1) is 8.95. The number of hydrogen-bond donors (Lipinski definition) is 1. The van der Waals surface area contributed by atoms with Gasteiger partial charge in [-0.2, -0.15) is 0 Å². The molecule has 0 saturated carbocycles. The summed E-state index contributed by atoms with van der Waals surface area (Å²) < 4.78 is 0.793. The first-order valence-corrected chi connectivity index (χ1v) is 6.92. The number of hydrogen-bond acceptors (Lipinski definition) is 4. The van der Waals surface area contributed by atoms with Gasteiger partial charge in [-0.05, 0) is 27.6 Å². The van der Waals surface area contributed by atoms with Crippen LogP contribution in [0.5, 0.6) is 0 Å². The number of anilines is 1. The summed E-state index contributed by atoms with van der Waals surface area (Å²) in [5.41, 5.74) is 1.05. The molecule has 0 radical (unpaired) electrons. The highest BCUT2D eigenvalue weighted by Crippen LogP contribution is 2.22. The number of halogens is 1. The highest BCUT2D eigenvalue weighted by Gasteiger charge is 2.18. The van der Waals surface area contributed by atoms with E-state index < -0.39 is 0 Å². The van der Waals surface area contributed by atoms with Gasteiger partial charge in [0.25, 0.3) is 0 Å². The molecule has 0 spiro atoms. The van der Waals surface area contributed by atoms with E-state index in [9.17, 15) is 0 Å². The molecule has 5 heteroatoms. The third kappa shape index (κ3) is 3.99. The smallest absolute Gasteiger partial charge is 0.137 e. The van der Waals surface area contributed by atoms with E-state index in [-0.39, 0.29) is 5.41 Å². The van der Waals surface area contributed by atoms with Crippen molar-refractivity contribution < 1.29 is 0 Å². The monoisotopic (exact) mass is 320 g/mol. The Bertz CT molecular complexity index is 549. The Morgan fingerprint density at radius 2 is 2.05 bits per heavy atom. The molecular formula is C14H17BrN4. The van der Waals surface area contributed by atoms with Crippen LogP contribution in [0.4, 0.5) is 5.82 Å². The topological polar surface area (TPSA) is 50.7 Å². The number of nitrogens with zero attached hydrogens (tertiary/aromatic N) is 3. The second-order valence-electron chi connectivity index (χ2n) is 5.36. The van der Waals surface area contributed by atoms with Gasteiger partial charge in [0.05, 0.1) is 0 Å². The summed E-state index contributed by atoms with van der Waals surface area (Å²) in [5, 5.41) is 3.29. The highest BCUT2D eigenvalue weighted by molar-refractivity contribution is 9.10. The first kappa shape index (κ1) is 13.9. The summed E-state index contributed by atoms with van der Waals surface area (Å²) in [5.74, 6) is 1.63. The van der Waals surface area contributed by atoms with Gasteiger partial charge in [-0.3, -0.25) is 4.98 Å². The molecule has 0 aliphatic rings. The molecule has 0 aliphatic carbocycles. The lowest BCUT2D eigenvalue weighted by molar-refractivity contribution is 0.544. The molecule has 2 heterocycles. The van der Waals surface area contributed by atoms with Crippen molar-refractivity contribution in [2.75, 3.05) is 5.32 Å². The summed E-state index contributed by atoms with van der Waals surface area (Å²) in [6.45, 7) is 6.99. The predicted molar refractivity (Wildman–Crippen MR) is 80.0 cm³/mol. The highest BCUT2D eigenvalue weighted by atomic mass is 79.9. The molecule has 0 saturated heterocycles. The quantitative estimate of drug-likeness (QED) is 0.879. The summed E-state index contributed by atoms with van der Waals surface area (Å²) in [6.07, 6.45) is 3.61. The van der Waals surface area contributed by atoms with Crippen LogP contribution in [0.25, 0.3) is 0 Å². The minimum atomic E-state index is -0.0749. The van der Waals surface area contributed by atoms with Crippen LogP contribution < -0.4 is 5.32 Å². The summed E-state index contributed by atoms with van der Waals surface area (Å²) in [6, 6.07) is 5.83. The van der Waals surface area contributed by atoms with Crippen molar-refractivity contribution in [3.05, 3.63) is 46.6 Å². The van der Waals surface area contributed by atoms with E-state index in [0.29, 0.717) is 6.54 Å². The maximum atomic E-state index is 4.55. The lowest BCUT2D eigenvalue weighted by atomic mass is 9.96. The van der Waals surface area contributed by atoms with Crippen molar-refractivity contribution in [3.63, 3.8) is 0 Å². The van der Waals surface area contributed by atoms with Crippen molar-refractivity contribution in [2.45, 2.75) is 32.7 Å². The van der Waals surface area contributed by atoms with Crippen molar-refractivity contribution in [1.29, 1.82) is 0 Å². The van der Waals surface area contributed by atoms with Gasteiger partial charge in [0.15, 0.2) is 0 Å². The van der Waals surface area contributed by atoms with E-state index in [2.05, 4.69) is 57.0 Å². The molecule has 0 atom stereocenters. The maximum absolute atomic E-state index is 4.55. The van der Waals surface area contributed by atoms with Crippen LogP contribution in [0.15, 0.2) is 35.2 Å². The first-order valence-electron chi connectivity index (χ1n) is 6.13. The van der Waals surface area contributed by atoms with Crippen LogP contribution >= 0.6 is 15.9 Å². The van der Waals surface area contributed by atoms with Gasteiger partial charge < -0.3 is 5.32 Å². The standard InChI is InChI=1S/C14H17BrN4/c1-14(2,3)13-18-11(15)7-12(19-13)17-9-10-5-4-6-16-8-10/h4-8H,9H2,1-3H3,(H,17,18,19). The minimum Gasteiger partial charge on any atom is -0.366 e. The van der Waals surface area contributed by atoms with E-state index in [1.54, 1.807) is 6.20 Å². The number of pyridine rings is 1. The molecule has 2 aromatic rings. The summed E-state index contributed by atoms with van der Waals surface area (Å²) in [7, 11) is 0. The molecule has 0 aromatic carbocycles. The van der Waals surface area contributed by atoms with E-state index in [1.165, 1.54) is 0 Å². The molecule has 0 amide bonds. The molecule has 0 fully saturated rings. The molecule has 19 heavy (non-hydrogen) atoms. The molecule has 4 nitrogen and oxygen atoms in total. The van der Waals surface area contributed by atoms with Crippen LogP contribution in [-0.4, -0.2) is 15.0 Å². The molecule has 2 aromatic heterocycles. The zero-order valence-corrected chi connectivity index (χ0v) is 12.9. The fraction of sp³-hybridized carbons (Fsp3) is 0.357. The van der Waals surface area contributed by atoms with Crippen molar-refractivity contribution in [3.8, 4) is 0 Å². The second kappa shape index (κ2) is 5.65. The zero-order valence-electron chi connectivity index (χ0n) is 11.3. The van der Waals surface area contributed by atoms with Crippen LogP contribution in [0.3, 0.4) is 0 Å². The van der Waals surface area contributed by atoms with Gasteiger partial charge >= 0.3 is 0 Å². The van der Waals surface area contributed by atoms with Gasteiger partial charge in [0, 0.05) is 30.4 Å². The lowest BCUT2D eigenvalue weighted by Gasteiger charge is -2.18. The molecular weight excluding hydrogens is 304 g/mol. The number of rotatable bonds is 3. The fourth-order valence-corrected chi connectivity index (χ4v) is 1.92. The molecule has 100 valence electrons. The summed E-state index contributed by atoms with van der Waals surface area (Å²) >= 11 is 3.43. The number of aromatic nitrogens is 3. The third-order valence-electron chi connectivity index (χ3n) is 2.56. The Labute approximate surface area is 121 Å². The predicted octanol–water partition coefficient (Wildman–Crippen LogP) is 3.54. The van der Waals surface area contributed by atoms with Gasteiger partial charge in [0.1, 0.15) is 16.2 Å². The Hall–Kier alpha value is -1.49. The summed E-state index contributed by atoms with van der Waals surface area (Å²) in [4.78, 5) is 13.0. The van der Waals surface area contributed by atoms with Gasteiger partial charge in [0.2, 0.25) is 0 Å². The molecule has 0 unspecified atom stereocenters. The molecule has 1 N–H and O–H groups in total. The lowest BCUT2D eigenvalue weighted by Crippen LogP contribution is -2.17. The minimum absolute atomic E-state index is 0.0749. The molecule has 0 aliphatic heterocycles. The van der Waals surface area contributed by atoms with Crippen LogP contribution in [0.1, 0.15) is 32.2 Å². The third-order valence-corrected chi connectivity index (χ3v) is 2.97. The van der Waals surface area contributed by atoms with E-state index in [1.807, 2.05) is 24.4 Å². The van der Waals surface area contributed by atoms with Crippen molar-refractivity contribution >= 4 is 21.7 Å².